The third-order valence-electron chi connectivity index (χ3n) is 6.16. The molecule has 1 aromatic carbocycles. The van der Waals surface area contributed by atoms with Gasteiger partial charge in [0, 0.05) is 36.2 Å². The zero-order valence-electron chi connectivity index (χ0n) is 18.5. The quantitative estimate of drug-likeness (QED) is 0.477. The van der Waals surface area contributed by atoms with Crippen LogP contribution in [0.3, 0.4) is 0 Å². The minimum Gasteiger partial charge on any atom is -0.362 e. The number of rotatable bonds is 5. The van der Waals surface area contributed by atoms with Crippen molar-refractivity contribution in [2.24, 2.45) is 0 Å². The smallest absolute Gasteiger partial charge is 0.225 e. The molecule has 4 rings (SSSR count). The third kappa shape index (κ3) is 5.67. The van der Waals surface area contributed by atoms with Crippen LogP contribution in [0.2, 0.25) is 0 Å². The fourth-order valence-electron chi connectivity index (χ4n) is 4.51. The predicted molar refractivity (Wildman–Crippen MR) is 136 cm³/mol. The molecule has 1 heterocycles. The first-order valence-electron chi connectivity index (χ1n) is 11.3. The highest BCUT2D eigenvalue weighted by Crippen LogP contribution is 2.29. The van der Waals surface area contributed by atoms with E-state index in [4.69, 9.17) is 22.2 Å². The summed E-state index contributed by atoms with van der Waals surface area (Å²) < 4.78 is 14.3. The van der Waals surface area contributed by atoms with Crippen molar-refractivity contribution >= 4 is 50.7 Å². The van der Waals surface area contributed by atoms with Gasteiger partial charge in [0.25, 0.3) is 0 Å². The number of hydrogen-bond donors (Lipinski definition) is 3. The van der Waals surface area contributed by atoms with E-state index >= 15 is 0 Å². The van der Waals surface area contributed by atoms with Gasteiger partial charge in [-0.2, -0.15) is 4.98 Å². The molecule has 1 saturated carbocycles. The molecule has 6 nitrogen and oxygen atoms in total. The van der Waals surface area contributed by atoms with Gasteiger partial charge in [0.05, 0.1) is 11.4 Å². The monoisotopic (exact) mass is 520 g/mol. The largest absolute Gasteiger partial charge is 0.362 e. The van der Waals surface area contributed by atoms with Crippen LogP contribution in [0.25, 0.3) is 0 Å². The van der Waals surface area contributed by atoms with Gasteiger partial charge in [-0.25, -0.2) is 9.37 Å². The summed E-state index contributed by atoms with van der Waals surface area (Å²) >= 11 is 8.86. The summed E-state index contributed by atoms with van der Waals surface area (Å²) in [5.41, 5.74) is 3.14. The summed E-state index contributed by atoms with van der Waals surface area (Å²) in [6, 6.07) is 5.15. The molecule has 0 radical (unpaired) electrons. The minimum atomic E-state index is -0.299. The highest BCUT2D eigenvalue weighted by atomic mass is 79.9. The first kappa shape index (κ1) is 23.2. The molecule has 0 aliphatic heterocycles. The van der Waals surface area contributed by atoms with E-state index in [1.165, 1.54) is 36.2 Å². The van der Waals surface area contributed by atoms with Gasteiger partial charge in [-0.1, -0.05) is 0 Å². The average Bonchev–Trinajstić information content (AvgIpc) is 2.77. The summed E-state index contributed by atoms with van der Waals surface area (Å²) in [6.07, 6.45) is 8.55. The van der Waals surface area contributed by atoms with Crippen LogP contribution in [0.4, 0.5) is 21.8 Å². The van der Waals surface area contributed by atoms with E-state index in [2.05, 4.69) is 50.9 Å². The Kier molecular flexibility index (Phi) is 7.45. The molecule has 0 unspecified atom stereocenters. The number of benzene rings is 1. The van der Waals surface area contributed by atoms with Gasteiger partial charge in [-0.05, 0) is 97.7 Å². The number of aryl methyl sites for hydroxylation is 1. The number of halogens is 2. The molecule has 9 heteroatoms. The van der Waals surface area contributed by atoms with E-state index in [0.29, 0.717) is 22.9 Å². The first-order valence-corrected chi connectivity index (χ1v) is 12.5. The van der Waals surface area contributed by atoms with Crippen molar-refractivity contribution in [3.63, 3.8) is 0 Å². The van der Waals surface area contributed by atoms with Crippen molar-refractivity contribution < 1.29 is 4.39 Å². The van der Waals surface area contributed by atoms with Crippen LogP contribution in [0, 0.1) is 5.82 Å². The molecule has 0 spiro atoms. The highest BCUT2D eigenvalue weighted by Gasteiger charge is 2.24. The van der Waals surface area contributed by atoms with Crippen LogP contribution in [0.15, 0.2) is 22.7 Å². The molecule has 1 fully saturated rings. The van der Waals surface area contributed by atoms with Crippen molar-refractivity contribution in [2.75, 3.05) is 29.6 Å². The zero-order chi connectivity index (χ0) is 22.7. The topological polar surface area (TPSA) is 65.1 Å². The summed E-state index contributed by atoms with van der Waals surface area (Å²) in [5.74, 6) is 1.50. The maximum absolute atomic E-state index is 13.5. The molecule has 0 amide bonds. The lowest BCUT2D eigenvalue weighted by Gasteiger charge is -2.31. The van der Waals surface area contributed by atoms with Crippen LogP contribution in [0.1, 0.15) is 49.8 Å². The fraction of sp³-hybridized carbons (Fsp3) is 0.522. The van der Waals surface area contributed by atoms with E-state index in [-0.39, 0.29) is 5.82 Å². The number of hydrogen-bond acceptors (Lipinski definition) is 5. The van der Waals surface area contributed by atoms with Gasteiger partial charge in [0.15, 0.2) is 5.11 Å². The first-order chi connectivity index (χ1) is 15.4. The van der Waals surface area contributed by atoms with Crippen LogP contribution < -0.4 is 20.9 Å². The van der Waals surface area contributed by atoms with E-state index in [1.807, 2.05) is 0 Å². The van der Waals surface area contributed by atoms with Gasteiger partial charge in [0.1, 0.15) is 11.6 Å². The Bertz CT molecular complexity index is 977. The molecule has 1 aromatic heterocycles. The summed E-state index contributed by atoms with van der Waals surface area (Å²) in [6.45, 7) is 0. The fourth-order valence-corrected chi connectivity index (χ4v) is 5.13. The molecule has 0 saturated heterocycles. The molecule has 3 N–H and O–H groups in total. The molecular weight excluding hydrogens is 491 g/mol. The SMILES string of the molecule is CN(C)c1nc(N[C@H]2CC[C@@H](NC(=S)Nc3cc(F)ccc3Br)CC2)nc2c1CCCC2. The number of nitrogens with zero attached hydrogens (tertiary/aromatic N) is 3. The Morgan fingerprint density at radius 3 is 2.56 bits per heavy atom. The summed E-state index contributed by atoms with van der Waals surface area (Å²) in [4.78, 5) is 11.8. The minimum absolute atomic E-state index is 0.294. The van der Waals surface area contributed by atoms with Gasteiger partial charge < -0.3 is 20.9 Å². The van der Waals surface area contributed by atoms with Crippen LogP contribution in [-0.4, -0.2) is 41.3 Å². The Balaban J connectivity index is 1.31. The molecule has 2 aliphatic rings. The Hall–Kier alpha value is -2.00. The van der Waals surface area contributed by atoms with Crippen molar-refractivity contribution in [2.45, 2.75) is 63.5 Å². The Labute approximate surface area is 202 Å². The second-order valence-electron chi connectivity index (χ2n) is 8.81. The highest BCUT2D eigenvalue weighted by molar-refractivity contribution is 9.10. The lowest BCUT2D eigenvalue weighted by molar-refractivity contribution is 0.387. The molecule has 2 aliphatic carbocycles. The van der Waals surface area contributed by atoms with Gasteiger partial charge in [-0.15, -0.1) is 0 Å². The van der Waals surface area contributed by atoms with E-state index < -0.39 is 0 Å². The van der Waals surface area contributed by atoms with Crippen molar-refractivity contribution in [1.29, 1.82) is 0 Å². The van der Waals surface area contributed by atoms with Crippen LogP contribution in [0.5, 0.6) is 0 Å². The van der Waals surface area contributed by atoms with Crippen LogP contribution >= 0.6 is 28.1 Å². The maximum atomic E-state index is 13.5. The lowest BCUT2D eigenvalue weighted by Crippen LogP contribution is -2.42. The zero-order valence-corrected chi connectivity index (χ0v) is 21.0. The van der Waals surface area contributed by atoms with E-state index in [1.54, 1.807) is 6.07 Å². The van der Waals surface area contributed by atoms with Gasteiger partial charge >= 0.3 is 0 Å². The van der Waals surface area contributed by atoms with Crippen LogP contribution in [-0.2, 0) is 12.8 Å². The second kappa shape index (κ2) is 10.3. The number of fused-ring (bicyclic) bond motifs is 1. The number of aromatic nitrogens is 2. The lowest BCUT2D eigenvalue weighted by atomic mass is 9.91. The van der Waals surface area contributed by atoms with Crippen molar-refractivity contribution in [1.82, 2.24) is 15.3 Å². The molecule has 0 bridgehead atoms. The van der Waals surface area contributed by atoms with E-state index in [9.17, 15) is 4.39 Å². The number of thiocarbonyl (C=S) groups is 1. The summed E-state index contributed by atoms with van der Waals surface area (Å²) in [5, 5.41) is 10.6. The number of nitrogens with one attached hydrogen (secondary N) is 3. The van der Waals surface area contributed by atoms with Crippen molar-refractivity contribution in [3.8, 4) is 0 Å². The Morgan fingerprint density at radius 2 is 1.81 bits per heavy atom. The third-order valence-corrected chi connectivity index (χ3v) is 7.07. The van der Waals surface area contributed by atoms with Crippen molar-refractivity contribution in [3.05, 3.63) is 39.7 Å². The molecule has 0 atom stereocenters. The average molecular weight is 522 g/mol. The number of anilines is 3. The molecule has 32 heavy (non-hydrogen) atoms. The molecule has 172 valence electrons. The van der Waals surface area contributed by atoms with Gasteiger partial charge in [0.2, 0.25) is 5.95 Å². The Morgan fingerprint density at radius 1 is 1.09 bits per heavy atom. The summed E-state index contributed by atoms with van der Waals surface area (Å²) in [7, 11) is 4.11. The normalized spacial score (nSPS) is 20.2. The van der Waals surface area contributed by atoms with Gasteiger partial charge in [-0.3, -0.25) is 0 Å². The standard InChI is InChI=1S/C23H30BrFN6S/c1-31(2)21-17-5-3-4-6-19(17)28-22(30-21)26-15-8-10-16(11-9-15)27-23(32)29-20-13-14(25)7-12-18(20)24/h7,12-13,15-16H,3-6,8-11H2,1-2H3,(H,26,28,30)(H2,27,29,32)/t15-,16+. The van der Waals surface area contributed by atoms with E-state index in [0.717, 1.165) is 54.8 Å². The predicted octanol–water partition coefficient (Wildman–Crippen LogP) is 5.03. The maximum Gasteiger partial charge on any atom is 0.225 e. The molecular formula is C23H30BrFN6S. The second-order valence-corrected chi connectivity index (χ2v) is 10.1. The molecule has 2 aromatic rings.